The summed E-state index contributed by atoms with van der Waals surface area (Å²) >= 11 is 7.54. The summed E-state index contributed by atoms with van der Waals surface area (Å²) in [7, 11) is 0. The molecule has 0 saturated carbocycles. The van der Waals surface area contributed by atoms with Gasteiger partial charge in [-0.25, -0.2) is 0 Å². The zero-order chi connectivity index (χ0) is 15.4. The third kappa shape index (κ3) is 4.90. The number of aliphatic hydroxyl groups excluding tert-OH is 1. The van der Waals surface area contributed by atoms with Crippen LogP contribution in [0.1, 0.15) is 25.5 Å². The van der Waals surface area contributed by atoms with Crippen molar-refractivity contribution in [3.8, 4) is 0 Å². The molecule has 0 radical (unpaired) electrons. The van der Waals surface area contributed by atoms with E-state index in [1.165, 1.54) is 0 Å². The number of hydrogen-bond donors (Lipinski definition) is 2. The summed E-state index contributed by atoms with van der Waals surface area (Å²) in [6.07, 6.45) is -0.558. The lowest BCUT2D eigenvalue weighted by Gasteiger charge is -2.24. The van der Waals surface area contributed by atoms with Crippen molar-refractivity contribution in [3.63, 3.8) is 0 Å². The van der Waals surface area contributed by atoms with E-state index in [0.29, 0.717) is 0 Å². The monoisotopic (exact) mass is 357 g/mol. The maximum absolute atomic E-state index is 10.2. The third-order valence-electron chi connectivity index (χ3n) is 3.37. The molecule has 0 heterocycles. The van der Waals surface area contributed by atoms with Gasteiger partial charge in [-0.05, 0) is 41.8 Å². The third-order valence-corrected chi connectivity index (χ3v) is 4.72. The zero-order valence-electron chi connectivity index (χ0n) is 12.6. The van der Waals surface area contributed by atoms with Gasteiger partial charge < -0.3 is 10.8 Å². The van der Waals surface area contributed by atoms with Gasteiger partial charge in [0.05, 0.1) is 12.1 Å². The van der Waals surface area contributed by atoms with Gasteiger partial charge in [-0.3, -0.25) is 0 Å². The minimum Gasteiger partial charge on any atom is -0.391 e. The fourth-order valence-corrected chi connectivity index (χ4v) is 3.20. The molecular formula is C17H21Cl2NOS. The maximum atomic E-state index is 10.2. The number of nitrogens with two attached hydrogens (primary N) is 1. The molecule has 0 saturated heterocycles. The molecule has 2 nitrogen and oxygen atoms in total. The van der Waals surface area contributed by atoms with E-state index >= 15 is 0 Å². The zero-order valence-corrected chi connectivity index (χ0v) is 15.0. The van der Waals surface area contributed by atoms with E-state index < -0.39 is 6.10 Å². The van der Waals surface area contributed by atoms with Crippen LogP contribution in [-0.4, -0.2) is 11.2 Å². The maximum Gasteiger partial charge on any atom is 0.0756 e. The first-order valence-corrected chi connectivity index (χ1v) is 8.14. The molecule has 2 rings (SSSR count). The van der Waals surface area contributed by atoms with Gasteiger partial charge >= 0.3 is 0 Å². The Kier molecular flexibility index (Phi) is 7.74. The van der Waals surface area contributed by atoms with Crippen LogP contribution in [0, 0.1) is 5.92 Å². The highest BCUT2D eigenvalue weighted by molar-refractivity contribution is 7.99. The van der Waals surface area contributed by atoms with E-state index in [2.05, 4.69) is 0 Å². The topological polar surface area (TPSA) is 46.2 Å². The Morgan fingerprint density at radius 3 is 2.23 bits per heavy atom. The molecule has 0 spiro atoms. The molecule has 2 aromatic carbocycles. The smallest absolute Gasteiger partial charge is 0.0756 e. The van der Waals surface area contributed by atoms with Crippen molar-refractivity contribution in [2.75, 3.05) is 0 Å². The number of halogens is 2. The van der Waals surface area contributed by atoms with Crippen LogP contribution in [0.25, 0.3) is 0 Å². The molecule has 0 fully saturated rings. The summed E-state index contributed by atoms with van der Waals surface area (Å²) < 4.78 is 0. The van der Waals surface area contributed by atoms with Gasteiger partial charge in [0.1, 0.15) is 0 Å². The number of benzene rings is 2. The summed E-state index contributed by atoms with van der Waals surface area (Å²) in [4.78, 5) is 2.16. The molecular weight excluding hydrogens is 337 g/mol. The first-order valence-electron chi connectivity index (χ1n) is 6.95. The first-order chi connectivity index (χ1) is 9.99. The largest absolute Gasteiger partial charge is 0.391 e. The van der Waals surface area contributed by atoms with Crippen LogP contribution >= 0.6 is 35.8 Å². The van der Waals surface area contributed by atoms with E-state index in [1.54, 1.807) is 11.8 Å². The van der Waals surface area contributed by atoms with Crippen molar-refractivity contribution in [1.29, 1.82) is 0 Å². The average molecular weight is 358 g/mol. The van der Waals surface area contributed by atoms with E-state index in [1.807, 2.05) is 62.4 Å². The molecule has 2 atom stereocenters. The SMILES string of the molecule is CC(C)[C@@H](O)[C@@H](N)c1ccccc1Sc1ccc(Cl)cc1.Cl. The number of rotatable bonds is 5. The molecule has 0 aromatic heterocycles. The number of hydrogen-bond acceptors (Lipinski definition) is 3. The highest BCUT2D eigenvalue weighted by Crippen LogP contribution is 2.34. The fourth-order valence-electron chi connectivity index (χ4n) is 2.08. The van der Waals surface area contributed by atoms with E-state index in [9.17, 15) is 5.11 Å². The Hall–Kier alpha value is -0.710. The molecule has 3 N–H and O–H groups in total. The molecule has 0 amide bonds. The van der Waals surface area contributed by atoms with Gasteiger partial charge in [0.15, 0.2) is 0 Å². The van der Waals surface area contributed by atoms with E-state index in [-0.39, 0.29) is 24.4 Å². The Morgan fingerprint density at radius 2 is 1.64 bits per heavy atom. The van der Waals surface area contributed by atoms with Gasteiger partial charge in [0.2, 0.25) is 0 Å². The van der Waals surface area contributed by atoms with Crippen molar-refractivity contribution in [1.82, 2.24) is 0 Å². The lowest BCUT2D eigenvalue weighted by atomic mass is 9.94. The lowest BCUT2D eigenvalue weighted by Crippen LogP contribution is -2.30. The summed E-state index contributed by atoms with van der Waals surface area (Å²) in [6, 6.07) is 15.3. The molecule has 120 valence electrons. The summed E-state index contributed by atoms with van der Waals surface area (Å²) in [5.41, 5.74) is 7.20. The second kappa shape index (κ2) is 8.80. The van der Waals surface area contributed by atoms with Crippen LogP contribution < -0.4 is 5.73 Å². The number of aliphatic hydroxyl groups is 1. The van der Waals surface area contributed by atoms with E-state index in [4.69, 9.17) is 17.3 Å². The predicted molar refractivity (Wildman–Crippen MR) is 97.0 cm³/mol. The van der Waals surface area contributed by atoms with Gasteiger partial charge in [0, 0.05) is 14.8 Å². The Balaban J connectivity index is 0.00000242. The van der Waals surface area contributed by atoms with Crippen molar-refractivity contribution in [2.24, 2.45) is 11.7 Å². The van der Waals surface area contributed by atoms with E-state index in [0.717, 1.165) is 20.4 Å². The van der Waals surface area contributed by atoms with Crippen LogP contribution in [0.5, 0.6) is 0 Å². The predicted octanol–water partition coefficient (Wildman–Crippen LogP) is 4.93. The van der Waals surface area contributed by atoms with Gasteiger partial charge in [0.25, 0.3) is 0 Å². The fraction of sp³-hybridized carbons (Fsp3) is 0.294. The van der Waals surface area contributed by atoms with Crippen LogP contribution in [0.15, 0.2) is 58.3 Å². The summed E-state index contributed by atoms with van der Waals surface area (Å²) in [5.74, 6) is 0.119. The lowest BCUT2D eigenvalue weighted by molar-refractivity contribution is 0.0971. The molecule has 0 bridgehead atoms. The van der Waals surface area contributed by atoms with Gasteiger partial charge in [-0.15, -0.1) is 12.4 Å². The average Bonchev–Trinajstić information content (AvgIpc) is 2.48. The van der Waals surface area contributed by atoms with Crippen LogP contribution in [0.3, 0.4) is 0 Å². The Labute approximate surface area is 147 Å². The highest BCUT2D eigenvalue weighted by Gasteiger charge is 2.22. The molecule has 0 aliphatic carbocycles. The summed E-state index contributed by atoms with van der Waals surface area (Å²) in [5, 5.41) is 10.9. The molecule has 5 heteroatoms. The first kappa shape index (κ1) is 19.3. The van der Waals surface area contributed by atoms with Crippen molar-refractivity contribution in [2.45, 2.75) is 35.8 Å². The minimum absolute atomic E-state index is 0. The molecule has 0 unspecified atom stereocenters. The molecule has 0 aliphatic heterocycles. The normalized spacial score (nSPS) is 13.5. The quantitative estimate of drug-likeness (QED) is 0.797. The second-order valence-electron chi connectivity index (χ2n) is 5.35. The van der Waals surface area contributed by atoms with Crippen LogP contribution in [0.4, 0.5) is 0 Å². The van der Waals surface area contributed by atoms with Crippen LogP contribution in [-0.2, 0) is 0 Å². The molecule has 0 aliphatic rings. The Morgan fingerprint density at radius 1 is 1.05 bits per heavy atom. The van der Waals surface area contributed by atoms with Crippen molar-refractivity contribution in [3.05, 3.63) is 59.1 Å². The van der Waals surface area contributed by atoms with Crippen molar-refractivity contribution < 1.29 is 5.11 Å². The minimum atomic E-state index is -0.558. The van der Waals surface area contributed by atoms with Crippen molar-refractivity contribution >= 4 is 35.8 Å². The van der Waals surface area contributed by atoms with Crippen LogP contribution in [0.2, 0.25) is 5.02 Å². The highest BCUT2D eigenvalue weighted by atomic mass is 35.5. The Bertz CT molecular complexity index is 589. The second-order valence-corrected chi connectivity index (χ2v) is 6.91. The standard InChI is InChI=1S/C17H20ClNOS.ClH/c1-11(2)17(20)16(19)14-5-3-4-6-15(14)21-13-9-7-12(18)8-10-13;/h3-11,16-17,20H,19H2,1-2H3;1H/t16-,17+;/m0./s1. The summed E-state index contributed by atoms with van der Waals surface area (Å²) in [6.45, 7) is 3.94. The molecule has 22 heavy (non-hydrogen) atoms. The molecule has 2 aromatic rings. The van der Waals surface area contributed by atoms with Gasteiger partial charge in [-0.2, -0.15) is 0 Å². The van der Waals surface area contributed by atoms with Gasteiger partial charge in [-0.1, -0.05) is 55.4 Å².